The van der Waals surface area contributed by atoms with Gasteiger partial charge in [0, 0.05) is 59.1 Å². The molecule has 0 saturated heterocycles. The molecule has 0 atom stereocenters. The Morgan fingerprint density at radius 1 is 0.697 bits per heavy atom. The number of pyridine rings is 2. The van der Waals surface area contributed by atoms with Crippen LogP contribution in [0, 0.1) is 31.7 Å². The molecule has 10 rings (SSSR count). The van der Waals surface area contributed by atoms with Gasteiger partial charge in [0.1, 0.15) is 5.58 Å². The van der Waals surface area contributed by atoms with Gasteiger partial charge in [-0.05, 0) is 68.5 Å². The summed E-state index contributed by atoms with van der Waals surface area (Å²) >= 11 is 0. The monoisotopic (exact) mass is 1050 g/mol. The summed E-state index contributed by atoms with van der Waals surface area (Å²) in [6.07, 6.45) is 3.64. The molecule has 0 aliphatic carbocycles. The molecule has 1 radical (unpaired) electrons. The maximum Gasteiger partial charge on any atom is 0.168 e. The van der Waals surface area contributed by atoms with E-state index in [2.05, 4.69) is 174 Å². The zero-order valence-corrected chi connectivity index (χ0v) is 40.8. The van der Waals surface area contributed by atoms with Crippen LogP contribution in [0.1, 0.15) is 92.2 Å². The predicted octanol–water partition coefficient (Wildman–Crippen LogP) is 16.0. The number of nitrogens with zero attached hydrogens (tertiary/aromatic N) is 4. The topological polar surface area (TPSA) is 56.7 Å². The van der Waals surface area contributed by atoms with Crippen LogP contribution in [0.15, 0.2) is 150 Å². The summed E-state index contributed by atoms with van der Waals surface area (Å²) in [7, 11) is 0. The van der Waals surface area contributed by atoms with Gasteiger partial charge in [-0.1, -0.05) is 182 Å². The number of halogens is 1. The van der Waals surface area contributed by atoms with E-state index < -0.39 is 12.7 Å². The van der Waals surface area contributed by atoms with Crippen LogP contribution in [-0.2, 0) is 25.5 Å². The Bertz CT molecular complexity index is 3420. The van der Waals surface area contributed by atoms with Crippen LogP contribution in [0.3, 0.4) is 0 Å². The van der Waals surface area contributed by atoms with E-state index in [1.165, 1.54) is 17.2 Å². The fourth-order valence-corrected chi connectivity index (χ4v) is 8.52. The van der Waals surface area contributed by atoms with Crippen molar-refractivity contribution in [1.29, 1.82) is 0 Å². The van der Waals surface area contributed by atoms with Crippen molar-refractivity contribution in [1.82, 2.24) is 19.5 Å². The molecule has 5 nitrogen and oxygen atoms in total. The van der Waals surface area contributed by atoms with E-state index in [0.29, 0.717) is 23.2 Å². The van der Waals surface area contributed by atoms with Crippen molar-refractivity contribution in [2.45, 2.75) is 79.5 Å². The van der Waals surface area contributed by atoms with Crippen LogP contribution in [-0.4, -0.2) is 19.5 Å². The minimum absolute atomic E-state index is 0. The third-order valence-corrected chi connectivity index (χ3v) is 12.0. The number of para-hydroxylation sites is 1. The van der Waals surface area contributed by atoms with Crippen molar-refractivity contribution in [3.63, 3.8) is 0 Å². The molecule has 66 heavy (non-hydrogen) atoms. The number of benzene rings is 6. The number of imidazole rings is 1. The van der Waals surface area contributed by atoms with Gasteiger partial charge < -0.3 is 14.0 Å². The first-order valence-electron chi connectivity index (χ1n) is 23.7. The average Bonchev–Trinajstić information content (AvgIpc) is 3.90. The molecule has 0 amide bonds. The molecule has 0 aliphatic rings. The molecule has 333 valence electrons. The van der Waals surface area contributed by atoms with E-state index in [0.717, 1.165) is 84.0 Å². The van der Waals surface area contributed by atoms with E-state index in [1.54, 1.807) is 12.3 Å². The maximum absolute atomic E-state index is 14.1. The van der Waals surface area contributed by atoms with Crippen LogP contribution < -0.4 is 0 Å². The molecule has 0 fully saturated rings. The van der Waals surface area contributed by atoms with E-state index >= 15 is 0 Å². The molecular formula is C59H53FIrN4O-2. The van der Waals surface area contributed by atoms with Gasteiger partial charge >= 0.3 is 0 Å². The van der Waals surface area contributed by atoms with Crippen LogP contribution in [0.4, 0.5) is 4.39 Å². The summed E-state index contributed by atoms with van der Waals surface area (Å²) < 4.78 is 45.0. The van der Waals surface area contributed by atoms with Gasteiger partial charge in [-0.15, -0.1) is 41.5 Å². The van der Waals surface area contributed by atoms with Gasteiger partial charge in [-0.3, -0.25) is 9.37 Å². The zero-order chi connectivity index (χ0) is 48.1. The Labute approximate surface area is 405 Å². The summed E-state index contributed by atoms with van der Waals surface area (Å²) in [4.78, 5) is 14.5. The number of aromatic nitrogens is 4. The Balaban J connectivity index is 0.000000246. The Kier molecular flexibility index (Phi) is 12.0. The Morgan fingerprint density at radius 3 is 1.97 bits per heavy atom. The molecule has 0 unspecified atom stereocenters. The van der Waals surface area contributed by atoms with Crippen molar-refractivity contribution in [2.75, 3.05) is 0 Å². The van der Waals surface area contributed by atoms with Crippen LogP contribution in [0.2, 0.25) is 0 Å². The quantitative estimate of drug-likeness (QED) is 0.149. The van der Waals surface area contributed by atoms with Gasteiger partial charge in [-0.25, -0.2) is 4.98 Å². The van der Waals surface area contributed by atoms with Gasteiger partial charge in [0.25, 0.3) is 0 Å². The molecule has 0 bridgehead atoms. The largest absolute Gasteiger partial charge is 0.501 e. The molecule has 0 saturated carbocycles. The van der Waals surface area contributed by atoms with Gasteiger partial charge in [-0.2, -0.15) is 0 Å². The molecule has 4 heterocycles. The fraction of sp³-hybridized carbons (Fsp3) is 0.203. The smallest absolute Gasteiger partial charge is 0.168 e. The number of aryl methyl sites for hydroxylation is 2. The van der Waals surface area contributed by atoms with Crippen LogP contribution >= 0.6 is 0 Å². The van der Waals surface area contributed by atoms with Gasteiger partial charge in [0.05, 0.1) is 16.9 Å². The summed E-state index contributed by atoms with van der Waals surface area (Å²) in [6.45, 7) is 15.0. The standard InChI is InChI=1S/C43H36N3O.C16H17FN.Ir/c1-26(2)33-17-12-18-34(27(3)4)40(33)46-37-23-32(30-15-10-7-11-16-30)25-44-42(37)45-43(46)36-21-19-28(5)39-35-22-20-31(24-38(35)47-41(36)39)29-13-8-6-9-14-29;1-11-5-7-13(14(17)9-11)15-8-6-12(10-18-15)16(2,3)4;/h6-20,22-27H,1-5H3;5-6,8-10H,1-4H3;/q2*-1;/i;1D3;. The summed E-state index contributed by atoms with van der Waals surface area (Å²) in [6, 6.07) is 50.6. The minimum atomic E-state index is -2.33. The van der Waals surface area contributed by atoms with E-state index in [1.807, 2.05) is 24.4 Å². The van der Waals surface area contributed by atoms with Crippen molar-refractivity contribution < 1.29 is 33.0 Å². The van der Waals surface area contributed by atoms with Crippen LogP contribution in [0.5, 0.6) is 0 Å². The molecule has 0 aliphatic heterocycles. The first kappa shape index (κ1) is 42.1. The zero-order valence-electron chi connectivity index (χ0n) is 41.4. The predicted molar refractivity (Wildman–Crippen MR) is 266 cm³/mol. The Hall–Kier alpha value is -6.53. The van der Waals surface area contributed by atoms with Crippen LogP contribution in [0.25, 0.3) is 83.7 Å². The van der Waals surface area contributed by atoms with Crippen molar-refractivity contribution >= 4 is 33.1 Å². The summed E-state index contributed by atoms with van der Waals surface area (Å²) in [5.74, 6) is 0.743. The second-order valence-electron chi connectivity index (χ2n) is 18.3. The first-order chi connectivity index (χ1) is 32.5. The third kappa shape index (κ3) is 8.90. The number of hydrogen-bond donors (Lipinski definition) is 0. The van der Waals surface area contributed by atoms with Crippen molar-refractivity contribution in [3.05, 3.63) is 192 Å². The fourth-order valence-electron chi connectivity index (χ4n) is 8.52. The second-order valence-corrected chi connectivity index (χ2v) is 18.3. The normalized spacial score (nSPS) is 12.5. The number of rotatable bonds is 7. The van der Waals surface area contributed by atoms with Crippen molar-refractivity contribution in [3.8, 4) is 50.6 Å². The van der Waals surface area contributed by atoms with Crippen molar-refractivity contribution in [2.24, 2.45) is 0 Å². The first-order valence-corrected chi connectivity index (χ1v) is 22.2. The Morgan fingerprint density at radius 2 is 1.36 bits per heavy atom. The SMILES string of the molecule is Cc1c[c-]c(-c2nc3ncc(-c4ccccc4)cc3n2-c2c(C(C)C)cccc2C(C)C)c2oc3cc(-c4ccccc4)ccc3c12.[2H]C([2H])([2H])c1c[c-]c(-c2ccc(C(C)(C)C)cn2)c(F)c1.[Ir]. The number of furan rings is 1. The summed E-state index contributed by atoms with van der Waals surface area (Å²) in [5.41, 5.74) is 15.0. The molecule has 0 N–H and O–H groups in total. The molecule has 10 aromatic rings. The second kappa shape index (κ2) is 18.8. The minimum Gasteiger partial charge on any atom is -0.501 e. The molecule has 4 aromatic heterocycles. The molecular weight excluding hydrogens is 992 g/mol. The molecule has 6 aromatic carbocycles. The summed E-state index contributed by atoms with van der Waals surface area (Å²) in [5, 5.41) is 2.18. The van der Waals surface area contributed by atoms with E-state index in [-0.39, 0.29) is 36.6 Å². The maximum atomic E-state index is 14.1. The van der Waals surface area contributed by atoms with E-state index in [4.69, 9.17) is 18.5 Å². The third-order valence-electron chi connectivity index (χ3n) is 12.0. The molecule has 7 heteroatoms. The number of hydrogen-bond acceptors (Lipinski definition) is 4. The van der Waals surface area contributed by atoms with Gasteiger partial charge in [0.15, 0.2) is 5.65 Å². The van der Waals surface area contributed by atoms with E-state index in [9.17, 15) is 4.39 Å². The molecule has 0 spiro atoms. The van der Waals surface area contributed by atoms with Gasteiger partial charge in [0.2, 0.25) is 0 Å². The number of fused-ring (bicyclic) bond motifs is 4. The average molecular weight is 1050 g/mol.